The van der Waals surface area contributed by atoms with E-state index in [1.54, 1.807) is 12.1 Å². The van der Waals surface area contributed by atoms with Crippen molar-refractivity contribution in [3.8, 4) is 11.5 Å². The zero-order chi connectivity index (χ0) is 14.0. The van der Waals surface area contributed by atoms with Crippen molar-refractivity contribution in [3.05, 3.63) is 23.3 Å². The second-order valence-corrected chi connectivity index (χ2v) is 3.99. The van der Waals surface area contributed by atoms with Crippen LogP contribution in [0.1, 0.15) is 22.8 Å². The van der Waals surface area contributed by atoms with Gasteiger partial charge in [-0.2, -0.15) is 0 Å². The predicted octanol–water partition coefficient (Wildman–Crippen LogP) is 1.36. The Morgan fingerprint density at radius 2 is 1.84 bits per heavy atom. The van der Waals surface area contributed by atoms with E-state index >= 15 is 0 Å². The lowest BCUT2D eigenvalue weighted by molar-refractivity contribution is -0.140. The van der Waals surface area contributed by atoms with Crippen LogP contribution in [0.4, 0.5) is 0 Å². The minimum absolute atomic E-state index is 0.195. The molecule has 1 aromatic carbocycles. The Balaban J connectivity index is 2.38. The standard InChI is InChI=1S/C13H13NO5/c1-7(15)19-14-10-4-8-5-11(17-2)12(18-3)6-9(8)13(10)16/h5-6H,4H2,1-3H3. The lowest BCUT2D eigenvalue weighted by atomic mass is 10.1. The van der Waals surface area contributed by atoms with Crippen LogP contribution in [0, 0.1) is 0 Å². The van der Waals surface area contributed by atoms with Gasteiger partial charge in [-0.05, 0) is 17.7 Å². The van der Waals surface area contributed by atoms with Gasteiger partial charge in [0.05, 0.1) is 14.2 Å². The molecule has 100 valence electrons. The van der Waals surface area contributed by atoms with E-state index in [1.165, 1.54) is 21.1 Å². The summed E-state index contributed by atoms with van der Waals surface area (Å²) >= 11 is 0. The maximum absolute atomic E-state index is 12.1. The number of nitrogens with zero attached hydrogens (tertiary/aromatic N) is 1. The fraction of sp³-hybridized carbons (Fsp3) is 0.308. The van der Waals surface area contributed by atoms with Crippen molar-refractivity contribution in [2.45, 2.75) is 13.3 Å². The summed E-state index contributed by atoms with van der Waals surface area (Å²) in [4.78, 5) is 27.3. The molecule has 0 aliphatic heterocycles. The summed E-state index contributed by atoms with van der Waals surface area (Å²) in [6.07, 6.45) is 0.307. The molecule has 1 aliphatic carbocycles. The quantitative estimate of drug-likeness (QED) is 0.608. The normalized spacial score (nSPS) is 15.3. The van der Waals surface area contributed by atoms with Gasteiger partial charge in [0.15, 0.2) is 11.5 Å². The molecular weight excluding hydrogens is 250 g/mol. The highest BCUT2D eigenvalue weighted by Crippen LogP contribution is 2.34. The Kier molecular flexibility index (Phi) is 3.50. The van der Waals surface area contributed by atoms with Crippen molar-refractivity contribution >= 4 is 17.5 Å². The number of hydrogen-bond donors (Lipinski definition) is 0. The molecule has 0 bridgehead atoms. The van der Waals surface area contributed by atoms with Crippen LogP contribution in [0.15, 0.2) is 17.3 Å². The summed E-state index contributed by atoms with van der Waals surface area (Å²) in [6, 6.07) is 3.33. The van der Waals surface area contributed by atoms with Gasteiger partial charge in [-0.1, -0.05) is 5.16 Å². The van der Waals surface area contributed by atoms with E-state index in [4.69, 9.17) is 9.47 Å². The van der Waals surface area contributed by atoms with E-state index < -0.39 is 5.97 Å². The van der Waals surface area contributed by atoms with Gasteiger partial charge in [0.25, 0.3) is 0 Å². The monoisotopic (exact) mass is 263 g/mol. The minimum Gasteiger partial charge on any atom is -0.493 e. The maximum atomic E-state index is 12.1. The number of rotatable bonds is 3. The van der Waals surface area contributed by atoms with Crippen molar-refractivity contribution < 1.29 is 23.9 Å². The van der Waals surface area contributed by atoms with Crippen molar-refractivity contribution in [2.75, 3.05) is 14.2 Å². The molecule has 0 amide bonds. The number of ketones is 1. The number of carbonyl (C=O) groups is 2. The topological polar surface area (TPSA) is 74.2 Å². The van der Waals surface area contributed by atoms with E-state index in [2.05, 4.69) is 9.99 Å². The summed E-state index contributed by atoms with van der Waals surface area (Å²) in [7, 11) is 3.02. The number of methoxy groups -OCH3 is 2. The molecule has 0 radical (unpaired) electrons. The highest BCUT2D eigenvalue weighted by Gasteiger charge is 2.29. The third-order valence-electron chi connectivity index (χ3n) is 2.76. The van der Waals surface area contributed by atoms with Crippen LogP contribution in [0.5, 0.6) is 11.5 Å². The van der Waals surface area contributed by atoms with Gasteiger partial charge in [0, 0.05) is 18.9 Å². The summed E-state index contributed by atoms with van der Waals surface area (Å²) < 4.78 is 10.3. The van der Waals surface area contributed by atoms with Crippen LogP contribution in [-0.4, -0.2) is 31.7 Å². The third-order valence-corrected chi connectivity index (χ3v) is 2.76. The van der Waals surface area contributed by atoms with Gasteiger partial charge in [-0.3, -0.25) is 4.79 Å². The Labute approximate surface area is 109 Å². The van der Waals surface area contributed by atoms with Crippen molar-refractivity contribution in [3.63, 3.8) is 0 Å². The largest absolute Gasteiger partial charge is 0.493 e. The summed E-state index contributed by atoms with van der Waals surface area (Å²) in [5.41, 5.74) is 1.46. The second kappa shape index (κ2) is 5.09. The van der Waals surface area contributed by atoms with E-state index in [0.717, 1.165) is 5.56 Å². The first-order valence-electron chi connectivity index (χ1n) is 5.61. The molecule has 0 N–H and O–H groups in total. The minimum atomic E-state index is -0.564. The van der Waals surface area contributed by atoms with Gasteiger partial charge in [-0.15, -0.1) is 0 Å². The van der Waals surface area contributed by atoms with E-state index in [0.29, 0.717) is 23.5 Å². The number of benzene rings is 1. The average Bonchev–Trinajstić information content (AvgIpc) is 2.71. The van der Waals surface area contributed by atoms with E-state index in [1.807, 2.05) is 0 Å². The predicted molar refractivity (Wildman–Crippen MR) is 66.8 cm³/mol. The van der Waals surface area contributed by atoms with Crippen LogP contribution in [0.3, 0.4) is 0 Å². The van der Waals surface area contributed by atoms with E-state index in [-0.39, 0.29) is 11.5 Å². The molecule has 2 rings (SSSR count). The van der Waals surface area contributed by atoms with Gasteiger partial charge in [0.1, 0.15) is 5.71 Å². The van der Waals surface area contributed by atoms with Crippen LogP contribution in [-0.2, 0) is 16.1 Å². The number of hydrogen-bond acceptors (Lipinski definition) is 6. The molecule has 6 heteroatoms. The number of carbonyl (C=O) groups excluding carboxylic acids is 2. The van der Waals surface area contributed by atoms with Crippen molar-refractivity contribution in [2.24, 2.45) is 5.16 Å². The fourth-order valence-electron chi connectivity index (χ4n) is 1.89. The number of fused-ring (bicyclic) bond motifs is 1. The smallest absolute Gasteiger partial charge is 0.331 e. The lowest BCUT2D eigenvalue weighted by Gasteiger charge is -2.08. The molecule has 1 aromatic rings. The Bertz CT molecular complexity index is 577. The summed E-state index contributed by atoms with van der Waals surface area (Å²) in [5, 5.41) is 3.57. The average molecular weight is 263 g/mol. The fourth-order valence-corrected chi connectivity index (χ4v) is 1.89. The first kappa shape index (κ1) is 13.1. The Hall–Kier alpha value is -2.37. The van der Waals surface area contributed by atoms with Gasteiger partial charge in [0.2, 0.25) is 5.78 Å². The molecule has 0 atom stereocenters. The van der Waals surface area contributed by atoms with Gasteiger partial charge >= 0.3 is 5.97 Å². The molecule has 0 unspecified atom stereocenters. The second-order valence-electron chi connectivity index (χ2n) is 3.99. The lowest BCUT2D eigenvalue weighted by Crippen LogP contribution is -2.09. The van der Waals surface area contributed by atoms with E-state index in [9.17, 15) is 9.59 Å². The molecule has 0 saturated carbocycles. The Morgan fingerprint density at radius 1 is 1.21 bits per heavy atom. The highest BCUT2D eigenvalue weighted by atomic mass is 16.7. The molecule has 1 aliphatic rings. The SMILES string of the molecule is COc1cc2c(cc1OC)C(=O)C(=NOC(C)=O)C2. The first-order valence-corrected chi connectivity index (χ1v) is 5.61. The van der Waals surface area contributed by atoms with Crippen molar-refractivity contribution in [1.29, 1.82) is 0 Å². The molecule has 0 saturated heterocycles. The zero-order valence-corrected chi connectivity index (χ0v) is 10.9. The molecule has 0 fully saturated rings. The molecule has 19 heavy (non-hydrogen) atoms. The number of Topliss-reactive ketones (excluding diaryl/α,β-unsaturated/α-hetero) is 1. The summed E-state index contributed by atoms with van der Waals surface area (Å²) in [6.45, 7) is 1.22. The molecule has 0 heterocycles. The summed E-state index contributed by atoms with van der Waals surface area (Å²) in [5.74, 6) is 0.190. The van der Waals surface area contributed by atoms with Crippen LogP contribution in [0.25, 0.3) is 0 Å². The van der Waals surface area contributed by atoms with Crippen LogP contribution >= 0.6 is 0 Å². The Morgan fingerprint density at radius 3 is 2.42 bits per heavy atom. The van der Waals surface area contributed by atoms with Gasteiger partial charge in [-0.25, -0.2) is 4.79 Å². The third kappa shape index (κ3) is 2.42. The molecule has 0 aromatic heterocycles. The number of ether oxygens (including phenoxy) is 2. The van der Waals surface area contributed by atoms with Gasteiger partial charge < -0.3 is 14.3 Å². The first-order chi connectivity index (χ1) is 9.06. The maximum Gasteiger partial charge on any atom is 0.331 e. The highest BCUT2D eigenvalue weighted by molar-refractivity contribution is 6.49. The zero-order valence-electron chi connectivity index (χ0n) is 10.9. The van der Waals surface area contributed by atoms with Crippen molar-refractivity contribution in [1.82, 2.24) is 0 Å². The van der Waals surface area contributed by atoms with Crippen LogP contribution < -0.4 is 9.47 Å². The molecule has 6 nitrogen and oxygen atoms in total. The number of oxime groups is 1. The molecular formula is C13H13NO5. The molecule has 0 spiro atoms. The van der Waals surface area contributed by atoms with Crippen LogP contribution in [0.2, 0.25) is 0 Å².